The number of aliphatic hydroxyl groups excluding tert-OH is 1. The van der Waals surface area contributed by atoms with Crippen LogP contribution >= 0.6 is 11.3 Å². The number of amides is 1. The van der Waals surface area contributed by atoms with Crippen LogP contribution < -0.4 is 14.4 Å². The number of carbonyl (C=O) groups is 2. The molecule has 0 aliphatic carbocycles. The fourth-order valence-corrected chi connectivity index (χ4v) is 4.41. The number of aliphatic hydroxyl groups is 1. The molecular weight excluding hydrogens is 414 g/mol. The van der Waals surface area contributed by atoms with Crippen LogP contribution in [0.1, 0.15) is 23.4 Å². The summed E-state index contributed by atoms with van der Waals surface area (Å²) >= 11 is 1.42. The molecule has 31 heavy (non-hydrogen) atoms. The van der Waals surface area contributed by atoms with E-state index in [1.54, 1.807) is 55.6 Å². The fourth-order valence-electron chi connectivity index (χ4n) is 3.59. The lowest BCUT2D eigenvalue weighted by Gasteiger charge is -2.24. The molecule has 1 N–H and O–H groups in total. The highest BCUT2D eigenvalue weighted by Crippen LogP contribution is 2.43. The Morgan fingerprint density at radius 2 is 1.71 bits per heavy atom. The van der Waals surface area contributed by atoms with Crippen LogP contribution in [0, 0.1) is 0 Å². The topological polar surface area (TPSA) is 76.1 Å². The van der Waals surface area contributed by atoms with Crippen molar-refractivity contribution >= 4 is 34.5 Å². The summed E-state index contributed by atoms with van der Waals surface area (Å²) in [5.74, 6) is -0.317. The Hall–Kier alpha value is -3.58. The van der Waals surface area contributed by atoms with Crippen LogP contribution in [0.4, 0.5) is 5.69 Å². The van der Waals surface area contributed by atoms with Crippen molar-refractivity contribution in [1.82, 2.24) is 0 Å². The summed E-state index contributed by atoms with van der Waals surface area (Å²) in [4.78, 5) is 28.3. The third kappa shape index (κ3) is 3.80. The molecule has 1 aliphatic rings. The highest BCUT2D eigenvalue weighted by molar-refractivity contribution is 7.10. The van der Waals surface area contributed by atoms with Gasteiger partial charge in [-0.2, -0.15) is 0 Å². The van der Waals surface area contributed by atoms with Gasteiger partial charge in [0.15, 0.2) is 0 Å². The van der Waals surface area contributed by atoms with Gasteiger partial charge in [0, 0.05) is 16.1 Å². The molecular formula is C24H21NO5S. The molecule has 0 saturated carbocycles. The smallest absolute Gasteiger partial charge is 0.300 e. The molecule has 2 heterocycles. The quantitative estimate of drug-likeness (QED) is 0.343. The van der Waals surface area contributed by atoms with E-state index in [9.17, 15) is 14.7 Å². The summed E-state index contributed by atoms with van der Waals surface area (Å²) in [6.07, 6.45) is 0. The molecule has 2 aromatic carbocycles. The first-order chi connectivity index (χ1) is 15.0. The summed E-state index contributed by atoms with van der Waals surface area (Å²) in [5.41, 5.74) is 1.05. The van der Waals surface area contributed by atoms with E-state index in [0.29, 0.717) is 29.4 Å². The Bertz CT molecular complexity index is 1120. The van der Waals surface area contributed by atoms with Crippen molar-refractivity contribution < 1.29 is 24.2 Å². The van der Waals surface area contributed by atoms with Crippen molar-refractivity contribution in [1.29, 1.82) is 0 Å². The number of methoxy groups -OCH3 is 1. The van der Waals surface area contributed by atoms with Crippen molar-refractivity contribution in [3.8, 4) is 11.5 Å². The third-order valence-electron chi connectivity index (χ3n) is 5.05. The first-order valence-electron chi connectivity index (χ1n) is 9.76. The standard InChI is InChI=1S/C24H21NO5S/c1-3-30-18-10-6-15(7-11-18)22(26)20-21(19-5-4-14-31-19)25(24(28)23(20)27)16-8-12-17(29-2)13-9-16/h4-14,21,26H,3H2,1-2H3/b22-20-. The van der Waals surface area contributed by atoms with Gasteiger partial charge < -0.3 is 14.6 Å². The predicted octanol–water partition coefficient (Wildman–Crippen LogP) is 4.78. The van der Waals surface area contributed by atoms with Crippen molar-refractivity contribution in [3.05, 3.63) is 82.1 Å². The van der Waals surface area contributed by atoms with Crippen LogP contribution in [0.2, 0.25) is 0 Å². The second kappa shape index (κ2) is 8.65. The lowest BCUT2D eigenvalue weighted by molar-refractivity contribution is -0.132. The van der Waals surface area contributed by atoms with E-state index in [1.807, 2.05) is 24.4 Å². The molecule has 0 spiro atoms. The van der Waals surface area contributed by atoms with Gasteiger partial charge in [-0.3, -0.25) is 14.5 Å². The number of rotatable bonds is 6. The maximum absolute atomic E-state index is 13.0. The fraction of sp³-hybridized carbons (Fsp3) is 0.167. The van der Waals surface area contributed by atoms with Crippen molar-refractivity contribution in [2.75, 3.05) is 18.6 Å². The Balaban J connectivity index is 1.83. The summed E-state index contributed by atoms with van der Waals surface area (Å²) in [7, 11) is 1.56. The van der Waals surface area contributed by atoms with Crippen molar-refractivity contribution in [3.63, 3.8) is 0 Å². The van der Waals surface area contributed by atoms with Crippen LogP contribution in [0.5, 0.6) is 11.5 Å². The molecule has 1 fully saturated rings. The molecule has 7 heteroatoms. The zero-order chi connectivity index (χ0) is 22.0. The SMILES string of the molecule is CCOc1ccc(/C(O)=C2/C(=O)C(=O)N(c3ccc(OC)cc3)C2c2cccs2)cc1. The van der Waals surface area contributed by atoms with E-state index in [1.165, 1.54) is 16.2 Å². The minimum absolute atomic E-state index is 0.0624. The zero-order valence-corrected chi connectivity index (χ0v) is 17.9. The minimum Gasteiger partial charge on any atom is -0.507 e. The number of hydrogen-bond donors (Lipinski definition) is 1. The van der Waals surface area contributed by atoms with E-state index >= 15 is 0 Å². The monoisotopic (exact) mass is 435 g/mol. The van der Waals surface area contributed by atoms with Crippen molar-refractivity contribution in [2.24, 2.45) is 0 Å². The Kier molecular flexibility index (Phi) is 5.77. The average Bonchev–Trinajstić information content (AvgIpc) is 3.41. The maximum atomic E-state index is 13.0. The average molecular weight is 436 g/mol. The molecule has 1 aliphatic heterocycles. The highest BCUT2D eigenvalue weighted by atomic mass is 32.1. The second-order valence-corrected chi connectivity index (χ2v) is 7.82. The Labute approximate surface area is 184 Å². The van der Waals surface area contributed by atoms with Crippen LogP contribution in [-0.4, -0.2) is 30.5 Å². The first kappa shape index (κ1) is 20.7. The summed E-state index contributed by atoms with van der Waals surface area (Å²) < 4.78 is 10.6. The molecule has 1 aromatic heterocycles. The van der Waals surface area contributed by atoms with E-state index < -0.39 is 17.7 Å². The van der Waals surface area contributed by atoms with Crippen molar-refractivity contribution in [2.45, 2.75) is 13.0 Å². The van der Waals surface area contributed by atoms with E-state index in [4.69, 9.17) is 9.47 Å². The van der Waals surface area contributed by atoms with Gasteiger partial charge in [0.25, 0.3) is 11.7 Å². The Morgan fingerprint density at radius 3 is 2.29 bits per heavy atom. The van der Waals surface area contributed by atoms with Crippen LogP contribution in [-0.2, 0) is 9.59 Å². The maximum Gasteiger partial charge on any atom is 0.300 e. The van der Waals surface area contributed by atoms with E-state index in [0.717, 1.165) is 4.88 Å². The molecule has 158 valence electrons. The van der Waals surface area contributed by atoms with Gasteiger partial charge in [0.1, 0.15) is 23.3 Å². The third-order valence-corrected chi connectivity index (χ3v) is 5.97. The molecule has 1 unspecified atom stereocenters. The number of ketones is 1. The number of thiophene rings is 1. The largest absolute Gasteiger partial charge is 0.507 e. The van der Waals surface area contributed by atoms with Gasteiger partial charge in [-0.15, -0.1) is 11.3 Å². The summed E-state index contributed by atoms with van der Waals surface area (Å²) in [6, 6.07) is 16.7. The number of anilines is 1. The second-order valence-electron chi connectivity index (χ2n) is 6.84. The van der Waals surface area contributed by atoms with Gasteiger partial charge in [-0.05, 0) is 66.9 Å². The van der Waals surface area contributed by atoms with Crippen LogP contribution in [0.3, 0.4) is 0 Å². The number of carbonyl (C=O) groups excluding carboxylic acids is 2. The van der Waals surface area contributed by atoms with Crippen LogP contribution in [0.25, 0.3) is 5.76 Å². The number of hydrogen-bond acceptors (Lipinski definition) is 6. The number of ether oxygens (including phenoxy) is 2. The first-order valence-corrected chi connectivity index (χ1v) is 10.6. The molecule has 0 bridgehead atoms. The van der Waals surface area contributed by atoms with Crippen LogP contribution in [0.15, 0.2) is 71.6 Å². The lowest BCUT2D eigenvalue weighted by atomic mass is 9.99. The van der Waals surface area contributed by atoms with Gasteiger partial charge in [-0.1, -0.05) is 6.07 Å². The van der Waals surface area contributed by atoms with Gasteiger partial charge >= 0.3 is 0 Å². The number of nitrogens with zero attached hydrogens (tertiary/aromatic N) is 1. The van der Waals surface area contributed by atoms with E-state index in [2.05, 4.69) is 0 Å². The molecule has 1 saturated heterocycles. The highest BCUT2D eigenvalue weighted by Gasteiger charge is 2.47. The lowest BCUT2D eigenvalue weighted by Crippen LogP contribution is -2.29. The summed E-state index contributed by atoms with van der Waals surface area (Å²) in [6.45, 7) is 2.41. The van der Waals surface area contributed by atoms with E-state index in [-0.39, 0.29) is 11.3 Å². The van der Waals surface area contributed by atoms with Gasteiger partial charge in [-0.25, -0.2) is 0 Å². The normalized spacial score (nSPS) is 17.7. The molecule has 6 nitrogen and oxygen atoms in total. The number of benzene rings is 2. The predicted molar refractivity (Wildman–Crippen MR) is 120 cm³/mol. The molecule has 4 rings (SSSR count). The Morgan fingerprint density at radius 1 is 1.03 bits per heavy atom. The summed E-state index contributed by atoms with van der Waals surface area (Å²) in [5, 5.41) is 12.9. The van der Waals surface area contributed by atoms with Gasteiger partial charge in [0.2, 0.25) is 0 Å². The number of Topliss-reactive ketones (excluding diaryl/α,β-unsaturated/α-hetero) is 1. The molecule has 3 aromatic rings. The molecule has 0 radical (unpaired) electrons. The zero-order valence-electron chi connectivity index (χ0n) is 17.1. The minimum atomic E-state index is -0.722. The molecule has 1 atom stereocenters. The van der Waals surface area contributed by atoms with Gasteiger partial charge in [0.05, 0.1) is 19.3 Å². The molecule has 1 amide bonds.